The highest BCUT2D eigenvalue weighted by atomic mass is 32.7. The molecule has 14 unspecified atom stereocenters. The molecule has 7 fully saturated rings. The van der Waals surface area contributed by atoms with Crippen molar-refractivity contribution in [2.75, 3.05) is 58.2 Å². The van der Waals surface area contributed by atoms with Crippen molar-refractivity contribution < 1.29 is 130 Å². The maximum atomic E-state index is 14.8. The van der Waals surface area contributed by atoms with Crippen LogP contribution in [0.5, 0.6) is 0 Å². The molecule has 15 heterocycles. The van der Waals surface area contributed by atoms with E-state index in [1.54, 1.807) is 13.8 Å². The standard InChI is InChI=1S/C72H97N18O39P7S7/c1-9-37-38(10-51(116-37)85-18-32(3)62(91)79-68(85)97)124-131(103,138)110-24-47-41(13-54(119-47)87-20-34(5)64(93)81-70(87)99)127-133(105,140)112-25-46-40(12-52(118-46)84-17-31(2)59(73)78-67(84)96)125-135(107,142)115-28-50-44(16-57(122-50)90-30-77-58-60(74)75-29-76-61(58)90)129-136(108,143)114-27-49-43(15-56(121-49)89-22-36(7)66(95)83-72(89)101)128-134(106,141)113-26-48-42(14-55(120-48)88-21-35(6)65(94)82-71(88)100)126-132(104,139)111-23-45-39(123-130(102,137)109-8)11-53(117-45)86-19-33(4)63(92)80-69(86)98/h17-22,29-30,37-57H,9-16,23-28H2,1-8H3,(H,102,137)(H,103,138)(H,104,139)(H,105,140)(H,106,141)(H,107,142)(H,108,143)(H2,73,78,96)(H2,74,75,76)(H,79,91,97)(H,80,92,98)(H,81,93,99)(H,82,94,100)(H,83,95,101)/t37-,38?,39?,40?,41?,42?,43?,44?,45-,46-,47-,48-,49-,50-,51-,52-,53-,54-,55-,56-,57-,130?,131?,132?,133?,134?,135?,136?/m1/s1. The van der Waals surface area contributed by atoms with E-state index in [9.17, 15) is 86.7 Å². The molecule has 0 aliphatic carbocycles. The Hall–Kier alpha value is -6.17. The SMILES string of the molecule is CC[C@H]1O[C@@H](n2cc(C)c(=O)[nH]c2=O)CC1OP(O)(=S)OC[C@H]1O[C@@H](n2cc(C)c(=O)[nH]c2=O)CC1OP(=O)(S)OC[C@H]1O[C@@H](n2cc(C)c(N)nc2=O)CC1OP(O)(=S)OC[C@H]1O[C@@H](n2cnc3c(N)ncnc32)CC1OP(O)(=S)OC[C@H]1O[C@@H](n2cc(C)c(=O)[nH]c2=O)CC1OP(O)(=S)OC[C@H]1O[C@@H](n2cc(C)c(=O)[nH]c2=O)CC1OP(O)(=S)OC[C@H]1O[C@@H](n2cc(C)c(=O)[nH]c2=O)CC1OP(O)(=S)OC. The monoisotopic (exact) mass is 2280 g/mol. The zero-order valence-electron chi connectivity index (χ0n) is 75.9. The molecule has 15 N–H and O–H groups in total. The largest absolute Gasteiger partial charge is 0.386 e. The number of aromatic amines is 5. The normalized spacial score (nSPS) is 29.7. The van der Waals surface area contributed by atoms with E-state index < -0.39 is 284 Å². The Morgan fingerprint density at radius 1 is 0.364 bits per heavy atom. The number of imidazole rings is 1. The van der Waals surface area contributed by atoms with Crippen LogP contribution in [-0.2, 0) is 172 Å². The molecule has 0 saturated carbocycles. The molecule has 0 spiro atoms. The Labute approximate surface area is 839 Å². The molecule has 143 heavy (non-hydrogen) atoms. The van der Waals surface area contributed by atoms with Crippen molar-refractivity contribution in [3.63, 3.8) is 0 Å². The Bertz CT molecular complexity index is 7250. The number of hydrogen-bond donors (Lipinski definition) is 14. The summed E-state index contributed by atoms with van der Waals surface area (Å²) in [5, 5.41) is 0. The summed E-state index contributed by atoms with van der Waals surface area (Å²) < 4.78 is 149. The topological polar surface area (TPSA) is 737 Å². The molecule has 0 amide bonds. The van der Waals surface area contributed by atoms with E-state index in [4.69, 9.17) is 179 Å². The van der Waals surface area contributed by atoms with Gasteiger partial charge in [0.05, 0.1) is 88.7 Å². The minimum Gasteiger partial charge on any atom is -0.383 e. The van der Waals surface area contributed by atoms with Crippen LogP contribution in [0.15, 0.2) is 103 Å². The number of anilines is 2. The second-order valence-electron chi connectivity index (χ2n) is 33.7. The molecule has 57 nitrogen and oxygen atoms in total. The fraction of sp³-hybridized carbons (Fsp3) is 0.597. The lowest BCUT2D eigenvalue weighted by Gasteiger charge is -2.28. The van der Waals surface area contributed by atoms with E-state index in [0.29, 0.717) is 12.0 Å². The number of fused-ring (bicyclic) bond motifs is 1. The van der Waals surface area contributed by atoms with Gasteiger partial charge in [0.25, 0.3) is 27.8 Å². The molecule has 8 aromatic heterocycles. The first-order valence-electron chi connectivity index (χ1n) is 43.1. The van der Waals surface area contributed by atoms with E-state index in [1.807, 2.05) is 0 Å². The Morgan fingerprint density at radius 2 is 0.615 bits per heavy atom. The molecule has 0 radical (unpaired) electrons. The summed E-state index contributed by atoms with van der Waals surface area (Å²) in [6.45, 7) is -26.2. The van der Waals surface area contributed by atoms with Gasteiger partial charge in [-0.3, -0.25) is 89.9 Å². The number of nitrogens with two attached hydrogens (primary N) is 2. The first-order chi connectivity index (χ1) is 67.1. The highest BCUT2D eigenvalue weighted by Gasteiger charge is 2.52. The van der Waals surface area contributed by atoms with Crippen molar-refractivity contribution in [3.05, 3.63) is 198 Å². The van der Waals surface area contributed by atoms with Crippen molar-refractivity contribution in [1.29, 1.82) is 0 Å². The molecule has 7 aliphatic rings. The Balaban J connectivity index is 0.636. The molecule has 7 saturated heterocycles. The molecule has 28 atom stereocenters. The minimum atomic E-state index is -4.81. The predicted octanol–water partition coefficient (Wildman–Crippen LogP) is 1.05. The molecule has 8 aromatic rings. The van der Waals surface area contributed by atoms with Gasteiger partial charge in [-0.25, -0.2) is 48.3 Å². The molecule has 71 heteroatoms. The van der Waals surface area contributed by atoms with Crippen LogP contribution >= 0.6 is 59.4 Å². The van der Waals surface area contributed by atoms with E-state index in [0.717, 1.165) is 47.0 Å². The lowest BCUT2D eigenvalue weighted by atomic mass is 10.1. The average molecular weight is 2280 g/mol. The summed E-state index contributed by atoms with van der Waals surface area (Å²) in [6, 6.07) is 0. The van der Waals surface area contributed by atoms with E-state index >= 15 is 0 Å². The summed E-state index contributed by atoms with van der Waals surface area (Å²) in [7, 11) is 1.09. The number of nitrogens with zero attached hydrogens (tertiary/aromatic N) is 11. The maximum absolute atomic E-state index is 14.8. The fourth-order valence-corrected chi connectivity index (χ4v) is 26.3. The number of hydrogen-bond acceptors (Lipinski definition) is 45. The first kappa shape index (κ1) is 111. The van der Waals surface area contributed by atoms with Gasteiger partial charge in [-0.05, 0) is 119 Å². The average Bonchev–Trinajstić information content (AvgIpc) is 1.61. The number of H-pyrrole nitrogens is 5. The van der Waals surface area contributed by atoms with Gasteiger partial charge in [0.15, 0.2) is 11.5 Å². The molecule has 7 aliphatic heterocycles. The van der Waals surface area contributed by atoms with Gasteiger partial charge in [0.1, 0.15) is 104 Å². The third-order valence-corrected chi connectivity index (χ3v) is 34.9. The maximum Gasteiger partial charge on any atom is 0.386 e. The lowest BCUT2D eigenvalue weighted by Crippen LogP contribution is -2.33. The zero-order valence-corrected chi connectivity index (χ0v) is 88.0. The van der Waals surface area contributed by atoms with Crippen molar-refractivity contribution in [2.45, 2.75) is 229 Å². The van der Waals surface area contributed by atoms with Gasteiger partial charge in [-0.15, -0.1) is 0 Å². The molecule has 786 valence electrons. The van der Waals surface area contributed by atoms with Crippen molar-refractivity contribution in [1.82, 2.24) is 76.8 Å². The van der Waals surface area contributed by atoms with E-state index in [1.165, 1.54) is 76.5 Å². The van der Waals surface area contributed by atoms with Crippen LogP contribution in [0.4, 0.5) is 11.6 Å². The van der Waals surface area contributed by atoms with Crippen molar-refractivity contribution in [3.8, 4) is 0 Å². The second-order valence-corrected chi connectivity index (χ2v) is 53.4. The van der Waals surface area contributed by atoms with E-state index in [2.05, 4.69) is 57.1 Å². The number of rotatable bonds is 41. The zero-order chi connectivity index (χ0) is 104. The van der Waals surface area contributed by atoms with Crippen LogP contribution in [0.1, 0.15) is 135 Å². The number of nitrogen functional groups attached to an aromatic ring is 2. The van der Waals surface area contributed by atoms with Gasteiger partial charge in [0.2, 0.25) is 0 Å². The van der Waals surface area contributed by atoms with Gasteiger partial charge in [-0.1, -0.05) is 19.2 Å². The highest BCUT2D eigenvalue weighted by molar-refractivity contribution is 8.44. The predicted molar refractivity (Wildman–Crippen MR) is 520 cm³/mol. The van der Waals surface area contributed by atoms with Gasteiger partial charge >= 0.3 is 81.2 Å². The smallest absolute Gasteiger partial charge is 0.383 e. The summed E-state index contributed by atoms with van der Waals surface area (Å²) in [5.41, 5.74) is 4.35. The van der Waals surface area contributed by atoms with Gasteiger partial charge < -0.3 is 128 Å². The fourth-order valence-electron chi connectivity index (χ4n) is 16.4. The number of thiol groups is 1. The van der Waals surface area contributed by atoms with Crippen molar-refractivity contribution in [2.24, 2.45) is 0 Å². The molecule has 15 rings (SSSR count). The first-order valence-corrected chi connectivity index (χ1v) is 61.3. The highest BCUT2D eigenvalue weighted by Crippen LogP contribution is 2.60. The van der Waals surface area contributed by atoms with Crippen molar-refractivity contribution >= 4 is 153 Å². The number of aromatic nitrogens is 16. The Kier molecular flexibility index (Phi) is 34.7. The third-order valence-electron chi connectivity index (χ3n) is 23.7. The second kappa shape index (κ2) is 44.8. The van der Waals surface area contributed by atoms with Crippen LogP contribution in [-0.4, -0.2) is 238 Å². The summed E-state index contributed by atoms with van der Waals surface area (Å²) >= 11 is 37.4. The van der Waals surface area contributed by atoms with Crippen LogP contribution in [0.25, 0.3) is 11.2 Å². The van der Waals surface area contributed by atoms with E-state index in [-0.39, 0.29) is 89.1 Å². The number of nitrogens with one attached hydrogen (secondary N) is 5. The lowest BCUT2D eigenvalue weighted by molar-refractivity contribution is -0.0573. The number of aryl methyl sites for hydroxylation is 6. The van der Waals surface area contributed by atoms with Gasteiger partial charge in [0, 0.05) is 123 Å². The molecular formula is C72H97N18O39P7S7. The number of ether oxygens (including phenoxy) is 7. The summed E-state index contributed by atoms with van der Waals surface area (Å²) in [4.78, 5) is 241. The quantitative estimate of drug-likeness (QED) is 0.0188. The molecule has 0 aromatic carbocycles. The third kappa shape index (κ3) is 26.9. The minimum absolute atomic E-state index is 0.0319. The van der Waals surface area contributed by atoms with Crippen LogP contribution < -0.4 is 73.4 Å². The van der Waals surface area contributed by atoms with Gasteiger partial charge in [-0.2, -0.15) is 4.98 Å². The van der Waals surface area contributed by atoms with Crippen LogP contribution in [0.2, 0.25) is 0 Å². The molecular weight excluding hydrogens is 2180 g/mol. The summed E-state index contributed by atoms with van der Waals surface area (Å²) in [5.74, 6) is -0.165. The Morgan fingerprint density at radius 3 is 0.909 bits per heavy atom. The molecule has 0 bridgehead atoms. The van der Waals surface area contributed by atoms with Crippen LogP contribution in [0.3, 0.4) is 0 Å². The van der Waals surface area contributed by atoms with Crippen LogP contribution in [0, 0.1) is 41.5 Å². The summed E-state index contributed by atoms with van der Waals surface area (Å²) in [6.07, 6.45) is -19.7.